The molecule has 1 aromatic rings. The van der Waals surface area contributed by atoms with Gasteiger partial charge in [-0.2, -0.15) is 4.31 Å². The summed E-state index contributed by atoms with van der Waals surface area (Å²) in [6, 6.07) is 3.30. The van der Waals surface area contributed by atoms with Crippen molar-refractivity contribution < 1.29 is 13.2 Å². The van der Waals surface area contributed by atoms with Gasteiger partial charge in [-0.15, -0.1) is 34.5 Å². The highest BCUT2D eigenvalue weighted by Crippen LogP contribution is 2.64. The highest BCUT2D eigenvalue weighted by molar-refractivity contribution is 9.11. The Labute approximate surface area is 157 Å². The van der Waals surface area contributed by atoms with Gasteiger partial charge in [-0.3, -0.25) is 4.79 Å². The Morgan fingerprint density at radius 2 is 1.83 bits per heavy atom. The lowest BCUT2D eigenvalue weighted by atomic mass is 10.1. The number of halogens is 3. The van der Waals surface area contributed by atoms with Gasteiger partial charge in [0, 0.05) is 26.2 Å². The molecule has 1 unspecified atom stereocenters. The molecule has 1 aromatic heterocycles. The summed E-state index contributed by atoms with van der Waals surface area (Å²) in [5.41, 5.74) is -0.754. The van der Waals surface area contributed by atoms with E-state index in [1.807, 2.05) is 0 Å². The number of piperazine rings is 1. The topological polar surface area (TPSA) is 57.7 Å². The van der Waals surface area contributed by atoms with Crippen molar-refractivity contribution in [3.8, 4) is 0 Å². The van der Waals surface area contributed by atoms with Gasteiger partial charge in [0.2, 0.25) is 5.91 Å². The van der Waals surface area contributed by atoms with E-state index in [2.05, 4.69) is 15.9 Å². The molecule has 1 aliphatic heterocycles. The lowest BCUT2D eigenvalue weighted by molar-refractivity contribution is -0.137. The molecule has 2 heterocycles. The van der Waals surface area contributed by atoms with E-state index in [1.165, 1.54) is 15.6 Å². The van der Waals surface area contributed by atoms with Crippen molar-refractivity contribution in [2.24, 2.45) is 5.41 Å². The van der Waals surface area contributed by atoms with Gasteiger partial charge in [-0.25, -0.2) is 8.42 Å². The number of hydrogen-bond acceptors (Lipinski definition) is 4. The predicted octanol–water partition coefficient (Wildman–Crippen LogP) is 2.93. The molecular weight excluding hydrogens is 447 g/mol. The largest absolute Gasteiger partial charge is 0.339 e. The van der Waals surface area contributed by atoms with Crippen molar-refractivity contribution >= 4 is 66.4 Å². The molecule has 1 saturated carbocycles. The molecule has 128 valence electrons. The minimum atomic E-state index is -3.50. The van der Waals surface area contributed by atoms with E-state index in [-0.39, 0.29) is 19.0 Å². The van der Waals surface area contributed by atoms with Crippen LogP contribution in [0.3, 0.4) is 0 Å². The molecule has 2 aliphatic rings. The van der Waals surface area contributed by atoms with Gasteiger partial charge in [0.25, 0.3) is 10.0 Å². The van der Waals surface area contributed by atoms with E-state index >= 15 is 0 Å². The lowest BCUT2D eigenvalue weighted by Crippen LogP contribution is -2.52. The summed E-state index contributed by atoms with van der Waals surface area (Å²) in [6.07, 6.45) is 0.434. The SMILES string of the molecule is CC1(C(=O)N2CCN(S(=O)(=O)c3ccc(Br)s3)CC2)CC1(Cl)Cl. The van der Waals surface area contributed by atoms with Crippen molar-refractivity contribution in [2.75, 3.05) is 26.2 Å². The van der Waals surface area contributed by atoms with Gasteiger partial charge in [0.15, 0.2) is 0 Å². The average Bonchev–Trinajstić information content (AvgIpc) is 2.83. The molecule has 23 heavy (non-hydrogen) atoms. The van der Waals surface area contributed by atoms with Crippen LogP contribution in [0.1, 0.15) is 13.3 Å². The van der Waals surface area contributed by atoms with E-state index in [4.69, 9.17) is 23.2 Å². The van der Waals surface area contributed by atoms with Gasteiger partial charge in [-0.05, 0) is 41.4 Å². The number of hydrogen-bond donors (Lipinski definition) is 0. The lowest BCUT2D eigenvalue weighted by Gasteiger charge is -2.35. The average molecular weight is 462 g/mol. The Morgan fingerprint density at radius 1 is 1.26 bits per heavy atom. The zero-order valence-corrected chi connectivity index (χ0v) is 17.0. The predicted molar refractivity (Wildman–Crippen MR) is 94.5 cm³/mol. The van der Waals surface area contributed by atoms with Crippen LogP contribution in [0.25, 0.3) is 0 Å². The number of alkyl halides is 2. The van der Waals surface area contributed by atoms with Crippen LogP contribution >= 0.6 is 50.5 Å². The standard InChI is InChI=1S/C13H15BrCl2N2O3S2/c1-12(8-13(12,15)16)11(19)17-4-6-18(7-5-17)23(20,21)10-3-2-9(14)22-10/h2-3H,4-8H2,1H3. The Kier molecular flexibility index (Phi) is 4.56. The summed E-state index contributed by atoms with van der Waals surface area (Å²) < 4.78 is 26.6. The maximum absolute atomic E-state index is 12.6. The molecule has 1 saturated heterocycles. The summed E-state index contributed by atoms with van der Waals surface area (Å²) in [5.74, 6) is -0.0987. The molecule has 0 spiro atoms. The summed E-state index contributed by atoms with van der Waals surface area (Å²) >= 11 is 16.6. The first kappa shape index (κ1) is 17.9. The monoisotopic (exact) mass is 460 g/mol. The first-order valence-electron chi connectivity index (χ1n) is 7.01. The first-order valence-corrected chi connectivity index (χ1v) is 10.8. The van der Waals surface area contributed by atoms with Gasteiger partial charge >= 0.3 is 0 Å². The van der Waals surface area contributed by atoms with Crippen molar-refractivity contribution in [1.82, 2.24) is 9.21 Å². The number of thiophene rings is 1. The van der Waals surface area contributed by atoms with Crippen LogP contribution < -0.4 is 0 Å². The van der Waals surface area contributed by atoms with Crippen LogP contribution in [0.5, 0.6) is 0 Å². The molecule has 1 amide bonds. The van der Waals surface area contributed by atoms with Gasteiger partial charge in [-0.1, -0.05) is 0 Å². The second kappa shape index (κ2) is 5.85. The molecule has 2 fully saturated rings. The van der Waals surface area contributed by atoms with Gasteiger partial charge in [0.05, 0.1) is 9.20 Å². The fourth-order valence-electron chi connectivity index (χ4n) is 2.68. The molecular formula is C13H15BrCl2N2O3S2. The minimum Gasteiger partial charge on any atom is -0.339 e. The van der Waals surface area contributed by atoms with E-state index < -0.39 is 19.8 Å². The molecule has 1 atom stereocenters. The number of carbonyl (C=O) groups excluding carboxylic acids is 1. The number of nitrogens with zero attached hydrogens (tertiary/aromatic N) is 2. The summed E-state index contributed by atoms with van der Waals surface area (Å²) in [5, 5.41) is 0. The molecule has 0 N–H and O–H groups in total. The van der Waals surface area contributed by atoms with E-state index in [0.717, 1.165) is 3.79 Å². The molecule has 5 nitrogen and oxygen atoms in total. The maximum Gasteiger partial charge on any atom is 0.252 e. The molecule has 10 heteroatoms. The van der Waals surface area contributed by atoms with Crippen molar-refractivity contribution in [1.29, 1.82) is 0 Å². The summed E-state index contributed by atoms with van der Waals surface area (Å²) in [6.45, 7) is 3.00. The van der Waals surface area contributed by atoms with E-state index in [9.17, 15) is 13.2 Å². The molecule has 0 radical (unpaired) electrons. The van der Waals surface area contributed by atoms with E-state index in [1.54, 1.807) is 24.0 Å². The Morgan fingerprint density at radius 3 is 2.26 bits per heavy atom. The highest BCUT2D eigenvalue weighted by atomic mass is 79.9. The first-order chi connectivity index (χ1) is 10.6. The fourth-order valence-corrected chi connectivity index (χ4v) is 6.96. The normalized spacial score (nSPS) is 27.9. The van der Waals surface area contributed by atoms with Crippen LogP contribution in [0.4, 0.5) is 0 Å². The smallest absolute Gasteiger partial charge is 0.252 e. The van der Waals surface area contributed by atoms with Crippen molar-refractivity contribution in [3.05, 3.63) is 15.9 Å². The number of rotatable bonds is 3. The number of sulfonamides is 1. The zero-order valence-electron chi connectivity index (χ0n) is 12.3. The van der Waals surface area contributed by atoms with E-state index in [0.29, 0.717) is 23.7 Å². The molecule has 3 rings (SSSR count). The summed E-state index contributed by atoms with van der Waals surface area (Å²) in [4.78, 5) is 14.2. The van der Waals surface area contributed by atoms with Crippen LogP contribution in [-0.4, -0.2) is 54.0 Å². The Hall–Kier alpha value is 0.140. The van der Waals surface area contributed by atoms with Crippen LogP contribution in [-0.2, 0) is 14.8 Å². The zero-order chi connectivity index (χ0) is 17.0. The Balaban J connectivity index is 1.66. The van der Waals surface area contributed by atoms with Crippen molar-refractivity contribution in [2.45, 2.75) is 21.9 Å². The third-order valence-electron chi connectivity index (χ3n) is 4.40. The quantitative estimate of drug-likeness (QED) is 0.650. The minimum absolute atomic E-state index is 0.0987. The number of carbonyl (C=O) groups is 1. The van der Waals surface area contributed by atoms with Gasteiger partial charge in [0.1, 0.15) is 8.54 Å². The second-order valence-electron chi connectivity index (χ2n) is 5.97. The van der Waals surface area contributed by atoms with Crippen LogP contribution in [0.2, 0.25) is 0 Å². The van der Waals surface area contributed by atoms with Crippen molar-refractivity contribution in [3.63, 3.8) is 0 Å². The maximum atomic E-state index is 12.6. The Bertz CT molecular complexity index is 744. The molecule has 0 bridgehead atoms. The highest BCUT2D eigenvalue weighted by Gasteiger charge is 2.68. The third kappa shape index (κ3) is 3.06. The van der Waals surface area contributed by atoms with Crippen LogP contribution in [0, 0.1) is 5.41 Å². The van der Waals surface area contributed by atoms with Crippen LogP contribution in [0.15, 0.2) is 20.1 Å². The fraction of sp³-hybridized carbons (Fsp3) is 0.615. The van der Waals surface area contributed by atoms with Gasteiger partial charge < -0.3 is 4.90 Å². The second-order valence-corrected chi connectivity index (χ2v) is 12.1. The number of amides is 1. The third-order valence-corrected chi connectivity index (χ3v) is 9.49. The summed E-state index contributed by atoms with van der Waals surface area (Å²) in [7, 11) is -3.50. The molecule has 0 aromatic carbocycles. The molecule has 1 aliphatic carbocycles.